The number of nitrogens with zero attached hydrogens (tertiary/aromatic N) is 2. The lowest BCUT2D eigenvalue weighted by molar-refractivity contribution is 0.623. The summed E-state index contributed by atoms with van der Waals surface area (Å²) in [5, 5.41) is 2.61. The highest BCUT2D eigenvalue weighted by Crippen LogP contribution is 2.33. The van der Waals surface area contributed by atoms with E-state index in [0.717, 1.165) is 16.7 Å². The number of aryl methyl sites for hydroxylation is 2. The molecule has 2 heterocycles. The second kappa shape index (κ2) is 8.17. The smallest absolute Gasteiger partial charge is 0.263 e. The Hall–Kier alpha value is -3.57. The van der Waals surface area contributed by atoms with Gasteiger partial charge in [0.15, 0.2) is 0 Å². The van der Waals surface area contributed by atoms with Crippen molar-refractivity contribution in [3.05, 3.63) is 111 Å². The van der Waals surface area contributed by atoms with E-state index >= 15 is 0 Å². The molecule has 0 aliphatic rings. The minimum Gasteiger partial charge on any atom is -0.288 e. The Morgan fingerprint density at radius 3 is 2.47 bits per heavy atom. The van der Waals surface area contributed by atoms with Crippen LogP contribution in [0.25, 0.3) is 32.7 Å². The van der Waals surface area contributed by atoms with Gasteiger partial charge >= 0.3 is 0 Å². The SMILES string of the molecule is Cc1ccc(-c2csc3nc(-c4ccccc4)n(Cc4cccc(F)c4)c(=O)c23)cc1C. The van der Waals surface area contributed by atoms with Gasteiger partial charge in [-0.2, -0.15) is 0 Å². The molecular weight excluding hydrogens is 419 g/mol. The Bertz CT molecular complexity index is 1500. The highest BCUT2D eigenvalue weighted by Gasteiger charge is 2.18. The molecule has 5 heteroatoms. The lowest BCUT2D eigenvalue weighted by atomic mass is 10.0. The molecule has 0 aliphatic carbocycles. The third kappa shape index (κ3) is 3.65. The van der Waals surface area contributed by atoms with E-state index < -0.39 is 0 Å². The number of hydrogen-bond acceptors (Lipinski definition) is 3. The van der Waals surface area contributed by atoms with Gasteiger partial charge in [0.2, 0.25) is 0 Å². The van der Waals surface area contributed by atoms with Gasteiger partial charge in [0.1, 0.15) is 16.5 Å². The number of rotatable bonds is 4. The Kier molecular flexibility index (Phi) is 5.19. The zero-order chi connectivity index (χ0) is 22.2. The Labute approximate surface area is 189 Å². The largest absolute Gasteiger partial charge is 0.288 e. The topological polar surface area (TPSA) is 34.9 Å². The third-order valence-corrected chi connectivity index (χ3v) is 6.65. The second-order valence-electron chi connectivity index (χ2n) is 7.95. The minimum absolute atomic E-state index is 0.118. The molecule has 0 saturated carbocycles. The molecule has 0 amide bonds. The fraction of sp³-hybridized carbons (Fsp3) is 0.111. The van der Waals surface area contributed by atoms with Gasteiger partial charge in [-0.1, -0.05) is 60.7 Å². The average molecular weight is 441 g/mol. The molecule has 0 saturated heterocycles. The Morgan fingerprint density at radius 2 is 1.72 bits per heavy atom. The molecule has 5 aromatic rings. The lowest BCUT2D eigenvalue weighted by Crippen LogP contribution is -2.24. The molecule has 32 heavy (non-hydrogen) atoms. The van der Waals surface area contributed by atoms with Crippen LogP contribution in [-0.4, -0.2) is 9.55 Å². The minimum atomic E-state index is -0.322. The van der Waals surface area contributed by atoms with Crippen LogP contribution >= 0.6 is 11.3 Å². The number of aromatic nitrogens is 2. The van der Waals surface area contributed by atoms with Crippen molar-refractivity contribution >= 4 is 21.6 Å². The predicted octanol–water partition coefficient (Wildman–Crippen LogP) is 6.60. The van der Waals surface area contributed by atoms with Crippen LogP contribution < -0.4 is 5.56 Å². The van der Waals surface area contributed by atoms with Gasteiger partial charge in [0.05, 0.1) is 11.9 Å². The first-order chi connectivity index (χ1) is 15.5. The molecule has 0 spiro atoms. The molecule has 0 bridgehead atoms. The van der Waals surface area contributed by atoms with Gasteiger partial charge in [-0.25, -0.2) is 9.37 Å². The molecule has 0 atom stereocenters. The fourth-order valence-electron chi connectivity index (χ4n) is 3.92. The van der Waals surface area contributed by atoms with Crippen LogP contribution in [0, 0.1) is 19.7 Å². The monoisotopic (exact) mass is 440 g/mol. The van der Waals surface area contributed by atoms with Gasteiger partial charge in [-0.15, -0.1) is 11.3 Å². The van der Waals surface area contributed by atoms with Crippen molar-refractivity contribution in [2.75, 3.05) is 0 Å². The van der Waals surface area contributed by atoms with Gasteiger partial charge in [-0.3, -0.25) is 9.36 Å². The van der Waals surface area contributed by atoms with Crippen LogP contribution in [0.2, 0.25) is 0 Å². The quantitative estimate of drug-likeness (QED) is 0.316. The van der Waals surface area contributed by atoms with Crippen molar-refractivity contribution < 1.29 is 4.39 Å². The van der Waals surface area contributed by atoms with Gasteiger partial charge < -0.3 is 0 Å². The summed E-state index contributed by atoms with van der Waals surface area (Å²) in [4.78, 5) is 19.5. The Morgan fingerprint density at radius 1 is 0.906 bits per heavy atom. The highest BCUT2D eigenvalue weighted by molar-refractivity contribution is 7.17. The van der Waals surface area contributed by atoms with Crippen molar-refractivity contribution in [2.24, 2.45) is 0 Å². The van der Waals surface area contributed by atoms with Crippen molar-refractivity contribution in [1.29, 1.82) is 0 Å². The summed E-state index contributed by atoms with van der Waals surface area (Å²) < 4.78 is 15.5. The van der Waals surface area contributed by atoms with E-state index in [1.807, 2.05) is 47.8 Å². The van der Waals surface area contributed by atoms with Crippen molar-refractivity contribution in [3.8, 4) is 22.5 Å². The predicted molar refractivity (Wildman–Crippen MR) is 130 cm³/mol. The summed E-state index contributed by atoms with van der Waals surface area (Å²) in [5.74, 6) is 0.262. The molecule has 0 radical (unpaired) electrons. The number of thiophene rings is 1. The standard InChI is InChI=1S/C27H21FN2OS/c1-17-11-12-21(13-18(17)2)23-16-32-26-24(23)27(31)30(15-19-7-6-10-22(28)14-19)25(29-26)20-8-4-3-5-9-20/h3-14,16H,15H2,1-2H3. The molecule has 158 valence electrons. The molecule has 0 aliphatic heterocycles. The average Bonchev–Trinajstić information content (AvgIpc) is 3.22. The molecule has 2 aromatic heterocycles. The first-order valence-corrected chi connectivity index (χ1v) is 11.3. The van der Waals surface area contributed by atoms with Crippen LogP contribution in [0.4, 0.5) is 4.39 Å². The van der Waals surface area contributed by atoms with E-state index in [-0.39, 0.29) is 17.9 Å². The zero-order valence-corrected chi connectivity index (χ0v) is 18.6. The fourth-order valence-corrected chi connectivity index (χ4v) is 4.86. The van der Waals surface area contributed by atoms with E-state index in [1.54, 1.807) is 10.6 Å². The van der Waals surface area contributed by atoms with E-state index in [4.69, 9.17) is 4.98 Å². The van der Waals surface area contributed by atoms with Crippen LogP contribution in [0.3, 0.4) is 0 Å². The summed E-state index contributed by atoms with van der Waals surface area (Å²) in [7, 11) is 0. The summed E-state index contributed by atoms with van der Waals surface area (Å²) in [6.07, 6.45) is 0. The van der Waals surface area contributed by atoms with E-state index in [1.165, 1.54) is 34.6 Å². The maximum Gasteiger partial charge on any atom is 0.263 e. The zero-order valence-electron chi connectivity index (χ0n) is 17.8. The number of hydrogen-bond donors (Lipinski definition) is 0. The number of halogens is 1. The van der Waals surface area contributed by atoms with Gasteiger partial charge in [-0.05, 0) is 48.2 Å². The first-order valence-electron chi connectivity index (χ1n) is 10.4. The van der Waals surface area contributed by atoms with Crippen molar-refractivity contribution in [2.45, 2.75) is 20.4 Å². The van der Waals surface area contributed by atoms with Crippen molar-refractivity contribution in [1.82, 2.24) is 9.55 Å². The molecule has 0 N–H and O–H groups in total. The van der Waals surface area contributed by atoms with Gasteiger partial charge in [0, 0.05) is 16.5 Å². The maximum atomic E-state index is 13.9. The van der Waals surface area contributed by atoms with Crippen LogP contribution in [0.15, 0.2) is 83.0 Å². The molecule has 5 rings (SSSR count). The summed E-state index contributed by atoms with van der Waals surface area (Å²) in [6, 6.07) is 22.2. The first kappa shape index (κ1) is 20.3. The summed E-state index contributed by atoms with van der Waals surface area (Å²) >= 11 is 1.47. The summed E-state index contributed by atoms with van der Waals surface area (Å²) in [6.45, 7) is 4.39. The maximum absolute atomic E-state index is 13.9. The summed E-state index contributed by atoms with van der Waals surface area (Å²) in [5.41, 5.74) is 5.73. The molecule has 3 nitrogen and oxygen atoms in total. The second-order valence-corrected chi connectivity index (χ2v) is 8.81. The van der Waals surface area contributed by atoms with Crippen LogP contribution in [0.1, 0.15) is 16.7 Å². The van der Waals surface area contributed by atoms with Gasteiger partial charge in [0.25, 0.3) is 5.56 Å². The molecule has 0 unspecified atom stereocenters. The lowest BCUT2D eigenvalue weighted by Gasteiger charge is -2.14. The highest BCUT2D eigenvalue weighted by atomic mass is 32.1. The van der Waals surface area contributed by atoms with E-state index in [9.17, 15) is 9.18 Å². The van der Waals surface area contributed by atoms with Crippen LogP contribution in [-0.2, 0) is 6.54 Å². The Balaban J connectivity index is 1.77. The third-order valence-electron chi connectivity index (χ3n) is 5.77. The molecular formula is C27H21FN2OS. The normalized spacial score (nSPS) is 11.2. The number of benzene rings is 3. The van der Waals surface area contributed by atoms with Crippen LogP contribution in [0.5, 0.6) is 0 Å². The molecule has 0 fully saturated rings. The number of fused-ring (bicyclic) bond motifs is 1. The van der Waals surface area contributed by atoms with E-state index in [0.29, 0.717) is 21.6 Å². The van der Waals surface area contributed by atoms with Crippen molar-refractivity contribution in [3.63, 3.8) is 0 Å². The molecule has 3 aromatic carbocycles. The van der Waals surface area contributed by atoms with E-state index in [2.05, 4.69) is 26.0 Å².